The Bertz CT molecular complexity index is 884. The van der Waals surface area contributed by atoms with Crippen LogP contribution < -0.4 is 5.32 Å². The molecule has 2 bridgehead atoms. The molecule has 168 valence electrons. The van der Waals surface area contributed by atoms with Crippen LogP contribution in [0.1, 0.15) is 51.9 Å². The minimum absolute atomic E-state index is 0.447. The Labute approximate surface area is 178 Å². The number of nitro groups is 3. The largest absolute Gasteiger partial charge is 0.497 e. The monoisotopic (exact) mass is 434 g/mol. The number of rotatable bonds is 6. The number of hydrogen-bond donors (Lipinski definition) is 2. The van der Waals surface area contributed by atoms with Crippen molar-refractivity contribution < 1.29 is 19.9 Å². The smallest absolute Gasteiger partial charge is 0.324 e. The third kappa shape index (κ3) is 4.36. The van der Waals surface area contributed by atoms with E-state index in [1.54, 1.807) is 0 Å². The van der Waals surface area contributed by atoms with Gasteiger partial charge >= 0.3 is 11.4 Å². The zero-order valence-electron chi connectivity index (χ0n) is 17.2. The van der Waals surface area contributed by atoms with E-state index >= 15 is 0 Å². The van der Waals surface area contributed by atoms with Gasteiger partial charge in [0.15, 0.2) is 0 Å². The van der Waals surface area contributed by atoms with Crippen molar-refractivity contribution in [2.24, 2.45) is 11.8 Å². The Morgan fingerprint density at radius 3 is 2.29 bits per heavy atom. The van der Waals surface area contributed by atoms with Gasteiger partial charge in [0, 0.05) is 11.6 Å². The lowest BCUT2D eigenvalue weighted by atomic mass is 9.66. The number of hydrogen-bond acceptors (Lipinski definition) is 8. The summed E-state index contributed by atoms with van der Waals surface area (Å²) >= 11 is 0. The minimum atomic E-state index is -1.21. The Morgan fingerprint density at radius 2 is 1.74 bits per heavy atom. The summed E-state index contributed by atoms with van der Waals surface area (Å²) < 4.78 is 0. The van der Waals surface area contributed by atoms with Gasteiger partial charge in [-0.2, -0.15) is 0 Å². The summed E-state index contributed by atoms with van der Waals surface area (Å²) in [5.41, 5.74) is -2.45. The third-order valence-corrected chi connectivity index (χ3v) is 6.65. The van der Waals surface area contributed by atoms with Crippen molar-refractivity contribution in [1.29, 1.82) is 0 Å². The van der Waals surface area contributed by atoms with Crippen LogP contribution in [-0.4, -0.2) is 31.5 Å². The van der Waals surface area contributed by atoms with Gasteiger partial charge in [-0.05, 0) is 43.9 Å². The molecule has 0 amide bonds. The molecule has 0 radical (unpaired) electrons. The highest BCUT2D eigenvalue weighted by atomic mass is 16.6. The van der Waals surface area contributed by atoms with Gasteiger partial charge < -0.3 is 10.4 Å². The van der Waals surface area contributed by atoms with Crippen LogP contribution in [-0.2, 0) is 0 Å². The molecule has 11 heteroatoms. The molecule has 0 unspecified atom stereocenters. The van der Waals surface area contributed by atoms with Crippen LogP contribution in [0.4, 0.5) is 17.1 Å². The lowest BCUT2D eigenvalue weighted by Crippen LogP contribution is -2.43. The summed E-state index contributed by atoms with van der Waals surface area (Å²) in [6.45, 7) is 2.32. The van der Waals surface area contributed by atoms with E-state index in [2.05, 4.69) is 24.4 Å². The molecule has 2 heterocycles. The second-order valence-electron chi connectivity index (χ2n) is 8.34. The van der Waals surface area contributed by atoms with Gasteiger partial charge in [-0.3, -0.25) is 30.3 Å². The van der Waals surface area contributed by atoms with Crippen molar-refractivity contribution in [3.05, 3.63) is 54.6 Å². The Balaban J connectivity index is 0.000000176. The number of unbranched alkanes of at least 4 members (excludes halogenated alkanes) is 1. The molecule has 1 aromatic rings. The molecule has 3 aliphatic rings. The first kappa shape index (κ1) is 22.6. The van der Waals surface area contributed by atoms with Crippen molar-refractivity contribution in [2.45, 2.75) is 63.5 Å². The predicted octanol–water partition coefficient (Wildman–Crippen LogP) is 4.38. The van der Waals surface area contributed by atoms with Gasteiger partial charge in [0.05, 0.1) is 26.9 Å². The second kappa shape index (κ2) is 8.96. The molecular weight excluding hydrogens is 408 g/mol. The van der Waals surface area contributed by atoms with E-state index < -0.39 is 37.6 Å². The van der Waals surface area contributed by atoms with Crippen LogP contribution in [0.5, 0.6) is 5.75 Å². The molecule has 0 spiro atoms. The average molecular weight is 434 g/mol. The molecule has 1 aliphatic carbocycles. The van der Waals surface area contributed by atoms with Crippen molar-refractivity contribution in [1.82, 2.24) is 5.32 Å². The predicted molar refractivity (Wildman–Crippen MR) is 112 cm³/mol. The second-order valence-corrected chi connectivity index (χ2v) is 8.34. The highest BCUT2D eigenvalue weighted by Crippen LogP contribution is 2.52. The van der Waals surface area contributed by atoms with Gasteiger partial charge in [0.25, 0.3) is 11.4 Å². The Morgan fingerprint density at radius 1 is 1.10 bits per heavy atom. The number of non-ortho nitro benzene ring substituents is 1. The fourth-order valence-corrected chi connectivity index (χ4v) is 5.27. The molecule has 2 N–H and O–H groups in total. The molecule has 0 saturated carbocycles. The Hall–Kier alpha value is -3.08. The fraction of sp³-hybridized carbons (Fsp3) is 0.600. The van der Waals surface area contributed by atoms with Gasteiger partial charge in [-0.15, -0.1) is 0 Å². The van der Waals surface area contributed by atoms with Crippen LogP contribution >= 0.6 is 0 Å². The number of benzene rings is 1. The lowest BCUT2D eigenvalue weighted by Gasteiger charge is -2.39. The lowest BCUT2D eigenvalue weighted by molar-refractivity contribution is -0.404. The first-order valence-corrected chi connectivity index (χ1v) is 10.4. The maximum absolute atomic E-state index is 10.4. The van der Waals surface area contributed by atoms with Crippen LogP contribution in [0.2, 0.25) is 0 Å². The van der Waals surface area contributed by atoms with Crippen molar-refractivity contribution in [2.75, 3.05) is 0 Å². The number of nitrogens with zero attached hydrogens (tertiary/aromatic N) is 3. The molecule has 11 nitrogen and oxygen atoms in total. The van der Waals surface area contributed by atoms with Crippen LogP contribution in [0, 0.1) is 42.2 Å². The summed E-state index contributed by atoms with van der Waals surface area (Å²) in [6.07, 6.45) is 14.7. The summed E-state index contributed by atoms with van der Waals surface area (Å²) in [4.78, 5) is 27.8. The SMILES string of the molecule is CCCC[C@@]12CC[C@@H](N1)[C@H]1C=CCC[C@H]12.O=[N+]([O-])c1cc([N+](=O)[O-])c(O)c([N+](=O)[O-])c1. The van der Waals surface area contributed by atoms with E-state index in [0.29, 0.717) is 17.7 Å². The Kier molecular flexibility index (Phi) is 6.54. The minimum Gasteiger partial charge on any atom is -0.497 e. The van der Waals surface area contributed by atoms with Crippen LogP contribution in [0.3, 0.4) is 0 Å². The van der Waals surface area contributed by atoms with E-state index in [1.807, 2.05) is 0 Å². The molecule has 2 saturated heterocycles. The fourth-order valence-electron chi connectivity index (χ4n) is 5.27. The maximum Gasteiger partial charge on any atom is 0.324 e. The van der Waals surface area contributed by atoms with E-state index in [9.17, 15) is 30.3 Å². The quantitative estimate of drug-likeness (QED) is 0.378. The number of fused-ring (bicyclic) bond motifs is 5. The number of phenolic OH excluding ortho intramolecular Hbond substituents is 1. The van der Waals surface area contributed by atoms with Crippen LogP contribution in [0.15, 0.2) is 24.3 Å². The van der Waals surface area contributed by atoms with Gasteiger partial charge in [-0.1, -0.05) is 31.9 Å². The number of nitrogens with one attached hydrogen (secondary N) is 1. The van der Waals surface area contributed by atoms with Gasteiger partial charge in [-0.25, -0.2) is 0 Å². The normalized spacial score (nSPS) is 27.8. The summed E-state index contributed by atoms with van der Waals surface area (Å²) in [5.74, 6) is 0.637. The van der Waals surface area contributed by atoms with E-state index in [-0.39, 0.29) is 0 Å². The zero-order chi connectivity index (χ0) is 22.8. The number of phenols is 1. The first-order chi connectivity index (χ1) is 14.7. The highest BCUT2D eigenvalue weighted by Gasteiger charge is 2.55. The molecule has 4 atom stereocenters. The number of aromatic hydroxyl groups is 1. The van der Waals surface area contributed by atoms with Crippen molar-refractivity contribution in [3.8, 4) is 5.75 Å². The standard InChI is InChI=1S/C14H23N.C6H3N3O7/c1-2-3-9-14-10-8-13(15-14)11-6-4-5-7-12(11)14;10-6-4(8(13)14)1-3(7(11)12)2-5(6)9(15)16/h4,6,11-13,15H,2-3,5,7-10H2,1H3;1-2,10H/t11-,12+,13+,14-;/m0./s1. The molecule has 31 heavy (non-hydrogen) atoms. The molecule has 0 aromatic heterocycles. The molecular formula is C20H26N4O7. The molecule has 2 fully saturated rings. The summed E-state index contributed by atoms with van der Waals surface area (Å²) in [5, 5.41) is 44.2. The molecule has 1 aromatic carbocycles. The van der Waals surface area contributed by atoms with E-state index in [0.717, 1.165) is 17.9 Å². The van der Waals surface area contributed by atoms with Crippen LogP contribution in [0.25, 0.3) is 0 Å². The third-order valence-electron chi connectivity index (χ3n) is 6.65. The van der Waals surface area contributed by atoms with Gasteiger partial charge in [0.1, 0.15) is 0 Å². The summed E-state index contributed by atoms with van der Waals surface area (Å²) in [6, 6.07) is 1.72. The molecule has 4 rings (SSSR count). The summed E-state index contributed by atoms with van der Waals surface area (Å²) in [7, 11) is 0. The van der Waals surface area contributed by atoms with Crippen molar-refractivity contribution in [3.63, 3.8) is 0 Å². The van der Waals surface area contributed by atoms with Crippen molar-refractivity contribution >= 4 is 17.1 Å². The highest BCUT2D eigenvalue weighted by molar-refractivity contribution is 5.64. The first-order valence-electron chi connectivity index (χ1n) is 10.4. The average Bonchev–Trinajstić information content (AvgIpc) is 3.30. The number of allylic oxidation sites excluding steroid dienone is 1. The van der Waals surface area contributed by atoms with E-state index in [4.69, 9.17) is 5.11 Å². The van der Waals surface area contributed by atoms with Gasteiger partial charge in [0.2, 0.25) is 0 Å². The number of nitro benzene ring substituents is 3. The zero-order valence-corrected chi connectivity index (χ0v) is 17.2. The topological polar surface area (TPSA) is 162 Å². The molecule has 2 aliphatic heterocycles. The van der Waals surface area contributed by atoms with E-state index in [1.165, 1.54) is 44.9 Å². The maximum atomic E-state index is 10.4.